The van der Waals surface area contributed by atoms with Gasteiger partial charge in [-0.15, -0.1) is 0 Å². The molecule has 1 aliphatic rings. The van der Waals surface area contributed by atoms with Crippen LogP contribution in [0.1, 0.15) is 34.8 Å². The van der Waals surface area contributed by atoms with E-state index in [0.29, 0.717) is 32.6 Å². The van der Waals surface area contributed by atoms with Crippen molar-refractivity contribution in [3.05, 3.63) is 69.8 Å². The van der Waals surface area contributed by atoms with Crippen LogP contribution in [0.5, 0.6) is 5.75 Å². The Labute approximate surface area is 180 Å². The number of benzene rings is 2. The van der Waals surface area contributed by atoms with Crippen LogP contribution in [0.15, 0.2) is 48.5 Å². The summed E-state index contributed by atoms with van der Waals surface area (Å²) in [6.07, 6.45) is 0.548. The smallest absolute Gasteiger partial charge is 0.311 e. The van der Waals surface area contributed by atoms with Crippen LogP contribution in [0.2, 0.25) is 0 Å². The average molecular weight is 427 g/mol. The van der Waals surface area contributed by atoms with E-state index in [1.165, 1.54) is 25.3 Å². The number of carboxylic acids is 1. The molecular weight excluding hydrogens is 402 g/mol. The Hall–Kier alpha value is -3.46. The number of carbonyl (C=O) groups excluding carboxylic acids is 1. The summed E-state index contributed by atoms with van der Waals surface area (Å²) < 4.78 is 4.99. The number of carboxylic acid groups (broad SMARTS) is 1. The van der Waals surface area contributed by atoms with Crippen molar-refractivity contribution in [2.24, 2.45) is 0 Å². The minimum absolute atomic E-state index is 0.0448. The second kappa shape index (κ2) is 10.0. The maximum atomic E-state index is 12.9. The lowest BCUT2D eigenvalue weighted by molar-refractivity contribution is -0.385. The fraction of sp³-hybridized carbons (Fsp3) is 0.364. The van der Waals surface area contributed by atoms with Gasteiger partial charge in [-0.05, 0) is 24.1 Å². The van der Waals surface area contributed by atoms with E-state index in [0.717, 1.165) is 5.56 Å². The van der Waals surface area contributed by atoms with Crippen LogP contribution in [0, 0.1) is 10.1 Å². The monoisotopic (exact) mass is 427 g/mol. The predicted molar refractivity (Wildman–Crippen MR) is 113 cm³/mol. The molecule has 1 N–H and O–H groups in total. The summed E-state index contributed by atoms with van der Waals surface area (Å²) in [5.41, 5.74) is 1.05. The van der Waals surface area contributed by atoms with Gasteiger partial charge in [0.2, 0.25) is 0 Å². The first-order valence-corrected chi connectivity index (χ1v) is 10.0. The van der Waals surface area contributed by atoms with Gasteiger partial charge < -0.3 is 14.7 Å². The molecule has 1 fully saturated rings. The third kappa shape index (κ3) is 5.37. The van der Waals surface area contributed by atoms with E-state index >= 15 is 0 Å². The lowest BCUT2D eigenvalue weighted by Gasteiger charge is -2.39. The van der Waals surface area contributed by atoms with Crippen LogP contribution in [0.3, 0.4) is 0 Å². The molecule has 1 aliphatic heterocycles. The second-order valence-corrected chi connectivity index (χ2v) is 7.33. The van der Waals surface area contributed by atoms with Crippen LogP contribution >= 0.6 is 0 Å². The minimum Gasteiger partial charge on any atom is -0.490 e. The topological polar surface area (TPSA) is 113 Å². The standard InChI is InChI=1S/C22H25N3O6/c1-31-20-9-7-17(15-19(20)25(29)30)22(28)24-13-11-23(12-14-24)18(8-10-21(26)27)16-5-3-2-4-6-16/h2-7,9,15,18H,8,10-14H2,1H3,(H,26,27)/t18-/m1/s1. The van der Waals surface area contributed by atoms with Crippen molar-refractivity contribution in [1.82, 2.24) is 9.80 Å². The van der Waals surface area contributed by atoms with E-state index in [1.54, 1.807) is 4.90 Å². The van der Waals surface area contributed by atoms with Crippen molar-refractivity contribution < 1.29 is 24.4 Å². The number of carbonyl (C=O) groups is 2. The number of aliphatic carboxylic acids is 1. The highest BCUT2D eigenvalue weighted by atomic mass is 16.6. The van der Waals surface area contributed by atoms with Crippen molar-refractivity contribution in [1.29, 1.82) is 0 Å². The van der Waals surface area contributed by atoms with Gasteiger partial charge in [0, 0.05) is 50.3 Å². The molecular formula is C22H25N3O6. The summed E-state index contributed by atoms with van der Waals surface area (Å²) in [6, 6.07) is 13.9. The van der Waals surface area contributed by atoms with Gasteiger partial charge in [-0.3, -0.25) is 24.6 Å². The Morgan fingerprint density at radius 3 is 2.39 bits per heavy atom. The molecule has 164 valence electrons. The molecule has 1 atom stereocenters. The number of nitrogens with zero attached hydrogens (tertiary/aromatic N) is 3. The van der Waals surface area contributed by atoms with E-state index in [2.05, 4.69) is 4.90 Å². The van der Waals surface area contributed by atoms with Gasteiger partial charge in [-0.2, -0.15) is 0 Å². The van der Waals surface area contributed by atoms with E-state index < -0.39 is 10.9 Å². The summed E-state index contributed by atoms with van der Waals surface area (Å²) in [5.74, 6) is -1.00. The Kier molecular flexibility index (Phi) is 7.19. The minimum atomic E-state index is -0.837. The highest BCUT2D eigenvalue weighted by Gasteiger charge is 2.29. The number of nitro benzene ring substituents is 1. The molecule has 9 nitrogen and oxygen atoms in total. The highest BCUT2D eigenvalue weighted by Crippen LogP contribution is 2.29. The third-order valence-electron chi connectivity index (χ3n) is 5.48. The summed E-state index contributed by atoms with van der Waals surface area (Å²) in [6.45, 7) is 2.08. The maximum Gasteiger partial charge on any atom is 0.311 e. The van der Waals surface area contributed by atoms with Crippen LogP contribution in [-0.2, 0) is 4.79 Å². The molecule has 2 aromatic carbocycles. The van der Waals surface area contributed by atoms with Crippen LogP contribution in [0.4, 0.5) is 5.69 Å². The Morgan fingerprint density at radius 1 is 1.13 bits per heavy atom. The summed E-state index contributed by atoms with van der Waals surface area (Å²) >= 11 is 0. The van der Waals surface area contributed by atoms with Crippen LogP contribution in [0.25, 0.3) is 0 Å². The summed E-state index contributed by atoms with van der Waals surface area (Å²) in [4.78, 5) is 38.5. The van der Waals surface area contributed by atoms with Crippen molar-refractivity contribution >= 4 is 17.6 Å². The number of hydrogen-bond acceptors (Lipinski definition) is 6. The molecule has 9 heteroatoms. The fourth-order valence-corrected chi connectivity index (χ4v) is 3.88. The predicted octanol–water partition coefficient (Wildman–Crippen LogP) is 2.97. The van der Waals surface area contributed by atoms with Crippen molar-refractivity contribution in [3.8, 4) is 5.75 Å². The molecule has 0 radical (unpaired) electrons. The van der Waals surface area contributed by atoms with Gasteiger partial charge in [-0.1, -0.05) is 30.3 Å². The number of ether oxygens (including phenoxy) is 1. The zero-order valence-corrected chi connectivity index (χ0v) is 17.3. The molecule has 0 unspecified atom stereocenters. The Balaban J connectivity index is 1.70. The first-order valence-electron chi connectivity index (χ1n) is 10.0. The Morgan fingerprint density at radius 2 is 1.81 bits per heavy atom. The quantitative estimate of drug-likeness (QED) is 0.509. The molecule has 2 aromatic rings. The average Bonchev–Trinajstić information content (AvgIpc) is 2.79. The van der Waals surface area contributed by atoms with E-state index in [-0.39, 0.29) is 35.4 Å². The van der Waals surface area contributed by atoms with Gasteiger partial charge in [0.05, 0.1) is 12.0 Å². The number of piperazine rings is 1. The maximum absolute atomic E-state index is 12.9. The molecule has 1 amide bonds. The first-order chi connectivity index (χ1) is 14.9. The molecule has 0 saturated carbocycles. The van der Waals surface area contributed by atoms with Gasteiger partial charge in [0.1, 0.15) is 0 Å². The molecule has 1 heterocycles. The van der Waals surface area contributed by atoms with E-state index in [9.17, 15) is 19.7 Å². The molecule has 0 aromatic heterocycles. The summed E-state index contributed by atoms with van der Waals surface area (Å²) in [5, 5.41) is 20.4. The number of hydrogen-bond donors (Lipinski definition) is 1. The van der Waals surface area contributed by atoms with Crippen molar-refractivity contribution in [3.63, 3.8) is 0 Å². The number of rotatable bonds is 8. The molecule has 0 aliphatic carbocycles. The van der Waals surface area contributed by atoms with Crippen molar-refractivity contribution in [2.45, 2.75) is 18.9 Å². The van der Waals surface area contributed by atoms with Crippen molar-refractivity contribution in [2.75, 3.05) is 33.3 Å². The van der Waals surface area contributed by atoms with Gasteiger partial charge in [-0.25, -0.2) is 0 Å². The van der Waals surface area contributed by atoms with Crippen LogP contribution < -0.4 is 4.74 Å². The molecule has 0 spiro atoms. The zero-order valence-electron chi connectivity index (χ0n) is 17.3. The Bertz CT molecular complexity index is 942. The van der Waals surface area contributed by atoms with Gasteiger partial charge in [0.25, 0.3) is 5.91 Å². The third-order valence-corrected chi connectivity index (χ3v) is 5.48. The van der Waals surface area contributed by atoms with Crippen LogP contribution in [-0.4, -0.2) is 65.0 Å². The zero-order chi connectivity index (χ0) is 22.4. The number of methoxy groups -OCH3 is 1. The molecule has 3 rings (SSSR count). The second-order valence-electron chi connectivity index (χ2n) is 7.33. The van der Waals surface area contributed by atoms with Gasteiger partial charge >= 0.3 is 11.7 Å². The normalized spacial score (nSPS) is 15.3. The van der Waals surface area contributed by atoms with E-state index in [1.807, 2.05) is 30.3 Å². The lowest BCUT2D eigenvalue weighted by Crippen LogP contribution is -2.49. The molecule has 1 saturated heterocycles. The number of amides is 1. The SMILES string of the molecule is COc1ccc(C(=O)N2CCN([C@H](CCC(=O)O)c3ccccc3)CC2)cc1[N+](=O)[O-]. The largest absolute Gasteiger partial charge is 0.490 e. The molecule has 0 bridgehead atoms. The van der Waals surface area contributed by atoms with E-state index in [4.69, 9.17) is 9.84 Å². The first kappa shape index (κ1) is 22.2. The fourth-order valence-electron chi connectivity index (χ4n) is 3.88. The molecule has 31 heavy (non-hydrogen) atoms. The number of nitro groups is 1. The highest BCUT2D eigenvalue weighted by molar-refractivity contribution is 5.95. The lowest BCUT2D eigenvalue weighted by atomic mass is 9.99. The summed E-state index contributed by atoms with van der Waals surface area (Å²) in [7, 11) is 1.34. The van der Waals surface area contributed by atoms with Gasteiger partial charge in [0.15, 0.2) is 5.75 Å².